The molecule has 0 bridgehead atoms. The maximum Gasteiger partial charge on any atom is 0.283 e. The number of unbranched alkanes of at least 4 members (excludes halogenated alkanes) is 1. The zero-order chi connectivity index (χ0) is 25.8. The molecular formula is C28H25Cl2N3O3. The lowest BCUT2D eigenvalue weighted by Crippen LogP contribution is -2.32. The van der Waals surface area contributed by atoms with Crippen LogP contribution in [0.3, 0.4) is 0 Å². The van der Waals surface area contributed by atoms with Crippen molar-refractivity contribution in [3.63, 3.8) is 0 Å². The molecule has 2 N–H and O–H groups in total. The number of hydrogen-bond acceptors (Lipinski definition) is 4. The molecule has 0 saturated carbocycles. The number of rotatable bonds is 8. The molecule has 3 aromatic rings. The van der Waals surface area contributed by atoms with Crippen LogP contribution in [-0.4, -0.2) is 17.7 Å². The number of anilines is 3. The van der Waals surface area contributed by atoms with Gasteiger partial charge < -0.3 is 10.6 Å². The maximum absolute atomic E-state index is 13.0. The third-order valence-corrected chi connectivity index (χ3v) is 6.65. The summed E-state index contributed by atoms with van der Waals surface area (Å²) in [6.45, 7) is 3.98. The predicted molar refractivity (Wildman–Crippen MR) is 145 cm³/mol. The molecule has 6 nitrogen and oxygen atoms in total. The Hall–Kier alpha value is -3.61. The first-order chi connectivity index (χ1) is 17.3. The standard InChI is InChI=1S/C28H25Cl2N3O3/c1-3-4-5-18-7-11-21(12-8-18)32-26(34)19-9-13-20(14-10-19)31-25-24(30)27(35)33(28(25)36)22-15-6-17(2)23(29)16-22/h6-16,31H,3-5H2,1-2H3,(H,32,34). The Morgan fingerprint density at radius 1 is 0.889 bits per heavy atom. The normalized spacial score (nSPS) is 13.4. The molecule has 4 rings (SSSR count). The van der Waals surface area contributed by atoms with Crippen LogP contribution in [-0.2, 0) is 16.0 Å². The molecule has 1 heterocycles. The second-order valence-electron chi connectivity index (χ2n) is 8.53. The van der Waals surface area contributed by atoms with E-state index in [2.05, 4.69) is 17.6 Å². The van der Waals surface area contributed by atoms with Crippen LogP contribution in [0.25, 0.3) is 0 Å². The van der Waals surface area contributed by atoms with Crippen LogP contribution >= 0.6 is 23.2 Å². The molecule has 0 atom stereocenters. The van der Waals surface area contributed by atoms with Crippen molar-refractivity contribution in [2.45, 2.75) is 33.1 Å². The Morgan fingerprint density at radius 3 is 2.19 bits per heavy atom. The summed E-state index contributed by atoms with van der Waals surface area (Å²) in [5.74, 6) is -1.48. The van der Waals surface area contributed by atoms with Gasteiger partial charge in [-0.25, -0.2) is 4.90 Å². The van der Waals surface area contributed by atoms with Crippen LogP contribution in [0.2, 0.25) is 5.02 Å². The van der Waals surface area contributed by atoms with Gasteiger partial charge in [0.15, 0.2) is 0 Å². The van der Waals surface area contributed by atoms with Crippen molar-refractivity contribution in [3.05, 3.63) is 99.2 Å². The van der Waals surface area contributed by atoms with Gasteiger partial charge in [0.25, 0.3) is 17.7 Å². The van der Waals surface area contributed by atoms with Crippen LogP contribution < -0.4 is 15.5 Å². The molecule has 8 heteroatoms. The second kappa shape index (κ2) is 11.0. The lowest BCUT2D eigenvalue weighted by Gasteiger charge is -2.16. The van der Waals surface area contributed by atoms with E-state index in [1.807, 2.05) is 31.2 Å². The van der Waals surface area contributed by atoms with E-state index in [0.29, 0.717) is 27.6 Å². The van der Waals surface area contributed by atoms with Crippen molar-refractivity contribution in [2.24, 2.45) is 0 Å². The largest absolute Gasteiger partial charge is 0.350 e. The monoisotopic (exact) mass is 521 g/mol. The molecule has 0 saturated heterocycles. The summed E-state index contributed by atoms with van der Waals surface area (Å²) in [7, 11) is 0. The molecule has 184 valence electrons. The van der Waals surface area contributed by atoms with Crippen molar-refractivity contribution in [1.82, 2.24) is 0 Å². The number of nitrogens with one attached hydrogen (secondary N) is 2. The third kappa shape index (κ3) is 5.45. The van der Waals surface area contributed by atoms with Gasteiger partial charge in [-0.05, 0) is 79.4 Å². The summed E-state index contributed by atoms with van der Waals surface area (Å²) >= 11 is 12.4. The van der Waals surface area contributed by atoms with Crippen LogP contribution in [0.4, 0.5) is 17.1 Å². The molecule has 0 fully saturated rings. The Morgan fingerprint density at radius 2 is 1.56 bits per heavy atom. The SMILES string of the molecule is CCCCc1ccc(NC(=O)c2ccc(NC3=C(Cl)C(=O)N(c4ccc(C)c(Cl)c4)C3=O)cc2)cc1. The van der Waals surface area contributed by atoms with Gasteiger partial charge in [-0.3, -0.25) is 14.4 Å². The van der Waals surface area contributed by atoms with E-state index in [4.69, 9.17) is 23.2 Å². The number of nitrogens with zero attached hydrogens (tertiary/aromatic N) is 1. The van der Waals surface area contributed by atoms with E-state index >= 15 is 0 Å². The van der Waals surface area contributed by atoms with E-state index in [1.165, 1.54) is 5.56 Å². The van der Waals surface area contributed by atoms with E-state index in [0.717, 1.165) is 29.7 Å². The average Bonchev–Trinajstić information content (AvgIpc) is 3.08. The van der Waals surface area contributed by atoms with Gasteiger partial charge >= 0.3 is 0 Å². The van der Waals surface area contributed by atoms with Crippen LogP contribution in [0.5, 0.6) is 0 Å². The number of benzene rings is 3. The van der Waals surface area contributed by atoms with Gasteiger partial charge in [0.1, 0.15) is 10.7 Å². The molecule has 0 aromatic heterocycles. The smallest absolute Gasteiger partial charge is 0.283 e. The molecule has 1 aliphatic heterocycles. The summed E-state index contributed by atoms with van der Waals surface area (Å²) in [6, 6.07) is 19.3. The first-order valence-electron chi connectivity index (χ1n) is 11.6. The molecule has 36 heavy (non-hydrogen) atoms. The average molecular weight is 522 g/mol. The van der Waals surface area contributed by atoms with E-state index in [1.54, 1.807) is 42.5 Å². The fraction of sp³-hybridized carbons (Fsp3) is 0.179. The van der Waals surface area contributed by atoms with Crippen molar-refractivity contribution < 1.29 is 14.4 Å². The quantitative estimate of drug-likeness (QED) is 0.324. The number of imide groups is 1. The lowest BCUT2D eigenvalue weighted by atomic mass is 10.1. The summed E-state index contributed by atoms with van der Waals surface area (Å²) in [5.41, 5.74) is 4.02. The second-order valence-corrected chi connectivity index (χ2v) is 9.31. The minimum absolute atomic E-state index is 0.0428. The van der Waals surface area contributed by atoms with E-state index in [9.17, 15) is 14.4 Å². The molecule has 3 amide bonds. The lowest BCUT2D eigenvalue weighted by molar-refractivity contribution is -0.120. The Kier molecular flexibility index (Phi) is 7.77. The maximum atomic E-state index is 13.0. The van der Waals surface area contributed by atoms with Gasteiger partial charge in [-0.2, -0.15) is 0 Å². The summed E-state index contributed by atoms with van der Waals surface area (Å²) in [6.07, 6.45) is 3.29. The molecule has 3 aromatic carbocycles. The molecule has 0 aliphatic carbocycles. The zero-order valence-electron chi connectivity index (χ0n) is 19.9. The highest BCUT2D eigenvalue weighted by Gasteiger charge is 2.39. The molecular weight excluding hydrogens is 497 g/mol. The summed E-state index contributed by atoms with van der Waals surface area (Å²) in [5, 5.41) is 6.00. The number of halogens is 2. The molecule has 0 spiro atoms. The topological polar surface area (TPSA) is 78.5 Å². The van der Waals surface area contributed by atoms with Crippen LogP contribution in [0, 0.1) is 6.92 Å². The third-order valence-electron chi connectivity index (χ3n) is 5.89. The fourth-order valence-corrected chi connectivity index (χ4v) is 4.14. The highest BCUT2D eigenvalue weighted by atomic mass is 35.5. The number of carbonyl (C=O) groups is 3. The number of aryl methyl sites for hydroxylation is 2. The van der Waals surface area contributed by atoms with Crippen molar-refractivity contribution in [1.29, 1.82) is 0 Å². The minimum Gasteiger partial charge on any atom is -0.350 e. The fourth-order valence-electron chi connectivity index (χ4n) is 3.75. The summed E-state index contributed by atoms with van der Waals surface area (Å²) in [4.78, 5) is 39.3. The Labute approximate surface area is 219 Å². The van der Waals surface area contributed by atoms with Gasteiger partial charge in [-0.1, -0.05) is 54.7 Å². The number of hydrogen-bond donors (Lipinski definition) is 2. The Balaban J connectivity index is 1.42. The van der Waals surface area contributed by atoms with Crippen LogP contribution in [0.15, 0.2) is 77.5 Å². The molecule has 1 aliphatic rings. The first-order valence-corrected chi connectivity index (χ1v) is 12.4. The van der Waals surface area contributed by atoms with Crippen molar-refractivity contribution in [2.75, 3.05) is 15.5 Å². The first kappa shape index (κ1) is 25.5. The molecule has 0 radical (unpaired) electrons. The Bertz CT molecular complexity index is 1350. The highest BCUT2D eigenvalue weighted by molar-refractivity contribution is 6.53. The van der Waals surface area contributed by atoms with Gasteiger partial charge in [-0.15, -0.1) is 0 Å². The highest BCUT2D eigenvalue weighted by Crippen LogP contribution is 2.32. The molecule has 0 unspecified atom stereocenters. The van der Waals surface area contributed by atoms with E-state index < -0.39 is 11.8 Å². The van der Waals surface area contributed by atoms with Gasteiger partial charge in [0.2, 0.25) is 0 Å². The van der Waals surface area contributed by atoms with Crippen LogP contribution in [0.1, 0.15) is 41.3 Å². The number of carbonyl (C=O) groups excluding carboxylic acids is 3. The number of amides is 3. The van der Waals surface area contributed by atoms with Gasteiger partial charge in [0.05, 0.1) is 5.69 Å². The predicted octanol–water partition coefficient (Wildman–Crippen LogP) is 6.68. The van der Waals surface area contributed by atoms with Crippen molar-refractivity contribution >= 4 is 58.0 Å². The summed E-state index contributed by atoms with van der Waals surface area (Å²) < 4.78 is 0. The van der Waals surface area contributed by atoms with Gasteiger partial charge in [0, 0.05) is 22.0 Å². The van der Waals surface area contributed by atoms with Crippen molar-refractivity contribution in [3.8, 4) is 0 Å². The van der Waals surface area contributed by atoms with E-state index in [-0.39, 0.29) is 16.6 Å². The zero-order valence-corrected chi connectivity index (χ0v) is 21.4. The minimum atomic E-state index is -0.638.